The first-order valence-corrected chi connectivity index (χ1v) is 6.05. The zero-order chi connectivity index (χ0) is 16.5. The van der Waals surface area contributed by atoms with E-state index in [1.807, 2.05) is 0 Å². The number of Topliss-reactive ketones (excluding diaryl/α,β-unsaturated/α-hetero) is 1. The average molecular weight is 302 g/mol. The molecule has 1 fully saturated rings. The second kappa shape index (κ2) is 5.01. The molecule has 0 amide bonds. The molecule has 1 aromatic heterocycles. The molecule has 8 nitrogen and oxygen atoms in total. The number of furan rings is 1. The summed E-state index contributed by atoms with van der Waals surface area (Å²) in [5.74, 6) is -4.83. The summed E-state index contributed by atoms with van der Waals surface area (Å²) < 4.78 is 14.0. The first kappa shape index (κ1) is 15.3. The van der Waals surface area contributed by atoms with Crippen molar-refractivity contribution in [3.8, 4) is 12.1 Å². The Morgan fingerprint density at radius 3 is 1.95 bits per heavy atom. The first-order chi connectivity index (χ1) is 10.5. The normalized spacial score (nSPS) is 28.8. The van der Waals surface area contributed by atoms with Gasteiger partial charge in [-0.05, 0) is 12.1 Å². The minimum atomic E-state index is -2.26. The van der Waals surface area contributed by atoms with Crippen LogP contribution in [0.25, 0.3) is 0 Å². The van der Waals surface area contributed by atoms with Gasteiger partial charge in [0, 0.05) is 0 Å². The summed E-state index contributed by atoms with van der Waals surface area (Å²) in [4.78, 5) is 36.5. The summed E-state index contributed by atoms with van der Waals surface area (Å²) in [5.41, 5.74) is -4.51. The van der Waals surface area contributed by atoms with Gasteiger partial charge in [0.15, 0.2) is 16.6 Å². The van der Waals surface area contributed by atoms with Crippen LogP contribution >= 0.6 is 0 Å². The Morgan fingerprint density at radius 2 is 1.64 bits per heavy atom. The van der Waals surface area contributed by atoms with Crippen molar-refractivity contribution >= 4 is 17.7 Å². The minimum absolute atomic E-state index is 0.172. The van der Waals surface area contributed by atoms with E-state index in [2.05, 4.69) is 9.47 Å². The van der Waals surface area contributed by atoms with E-state index < -0.39 is 34.5 Å². The third-order valence-corrected chi connectivity index (χ3v) is 3.80. The fourth-order valence-electron chi connectivity index (χ4n) is 2.71. The van der Waals surface area contributed by atoms with Gasteiger partial charge >= 0.3 is 11.9 Å². The lowest BCUT2D eigenvalue weighted by atomic mass is 9.95. The monoisotopic (exact) mass is 302 g/mol. The highest BCUT2D eigenvalue weighted by molar-refractivity contribution is 6.13. The SMILES string of the molecule is COC(=O)[C@@]1(C#N)C(C(=O)c2ccco2)[C@@]1(C#N)C(=O)OC. The van der Waals surface area contributed by atoms with Crippen LogP contribution in [0, 0.1) is 39.4 Å². The molecule has 0 saturated heterocycles. The van der Waals surface area contributed by atoms with Gasteiger partial charge in [0.05, 0.1) is 38.5 Å². The molecule has 0 aliphatic heterocycles. The smallest absolute Gasteiger partial charge is 0.329 e. The van der Waals surface area contributed by atoms with Crippen LogP contribution in [0.4, 0.5) is 0 Å². The number of carbonyl (C=O) groups is 3. The average Bonchev–Trinajstić information content (AvgIpc) is 2.86. The van der Waals surface area contributed by atoms with E-state index in [1.54, 1.807) is 12.1 Å². The fraction of sp³-hybridized carbons (Fsp3) is 0.357. The molecule has 0 bridgehead atoms. The van der Waals surface area contributed by atoms with Gasteiger partial charge in [-0.3, -0.25) is 14.4 Å². The van der Waals surface area contributed by atoms with Crippen molar-refractivity contribution in [3.63, 3.8) is 0 Å². The van der Waals surface area contributed by atoms with Crippen LogP contribution < -0.4 is 0 Å². The summed E-state index contributed by atoms with van der Waals surface area (Å²) in [5, 5.41) is 18.8. The number of carbonyl (C=O) groups excluding carboxylic acids is 3. The molecule has 8 heteroatoms. The molecule has 1 aromatic rings. The zero-order valence-corrected chi connectivity index (χ0v) is 11.7. The van der Waals surface area contributed by atoms with E-state index in [4.69, 9.17) is 4.42 Å². The Bertz CT molecular complexity index is 686. The quantitative estimate of drug-likeness (QED) is 0.579. The van der Waals surface area contributed by atoms with Gasteiger partial charge in [-0.15, -0.1) is 0 Å². The van der Waals surface area contributed by atoms with Crippen LogP contribution in [0.3, 0.4) is 0 Å². The van der Waals surface area contributed by atoms with E-state index in [1.165, 1.54) is 18.4 Å². The summed E-state index contributed by atoms with van der Waals surface area (Å²) >= 11 is 0. The van der Waals surface area contributed by atoms with E-state index in [0.29, 0.717) is 0 Å². The highest BCUT2D eigenvalue weighted by atomic mass is 16.5. The lowest BCUT2D eigenvalue weighted by Gasteiger charge is -2.09. The second-order valence-electron chi connectivity index (χ2n) is 4.60. The van der Waals surface area contributed by atoms with Crippen molar-refractivity contribution < 1.29 is 28.3 Å². The van der Waals surface area contributed by atoms with E-state index in [0.717, 1.165) is 14.2 Å². The van der Waals surface area contributed by atoms with Gasteiger partial charge in [0.2, 0.25) is 5.78 Å². The third kappa shape index (κ3) is 1.52. The summed E-state index contributed by atoms with van der Waals surface area (Å²) in [7, 11) is 1.99. The Kier molecular flexibility index (Phi) is 3.47. The van der Waals surface area contributed by atoms with Crippen molar-refractivity contribution in [1.29, 1.82) is 10.5 Å². The van der Waals surface area contributed by atoms with E-state index >= 15 is 0 Å². The maximum Gasteiger partial charge on any atom is 0.329 e. The molecule has 1 aliphatic rings. The molecule has 3 atom stereocenters. The number of nitriles is 2. The molecule has 0 radical (unpaired) electrons. The predicted octanol–water partition coefficient (Wildman–Crippen LogP) is 0.458. The molecule has 1 saturated carbocycles. The fourth-order valence-corrected chi connectivity index (χ4v) is 2.71. The van der Waals surface area contributed by atoms with E-state index in [-0.39, 0.29) is 5.76 Å². The molecule has 2 rings (SSSR count). The summed E-state index contributed by atoms with van der Waals surface area (Å²) in [6, 6.07) is 5.92. The Hall–Kier alpha value is -3.13. The first-order valence-electron chi connectivity index (χ1n) is 6.05. The van der Waals surface area contributed by atoms with Crippen LogP contribution in [0.5, 0.6) is 0 Å². The lowest BCUT2D eigenvalue weighted by molar-refractivity contribution is -0.153. The van der Waals surface area contributed by atoms with Crippen LogP contribution in [-0.4, -0.2) is 31.9 Å². The minimum Gasteiger partial charge on any atom is -0.468 e. The molecule has 0 N–H and O–H groups in total. The highest BCUT2D eigenvalue weighted by Crippen LogP contribution is 2.70. The standard InChI is InChI=1S/C14H10N2O6/c1-20-11(18)13(6-15)10(9(17)8-4-3-5-22-8)14(13,7-16)12(19)21-2/h3-5,10H,1-2H3/t10?,13-,14+. The van der Waals surface area contributed by atoms with Gasteiger partial charge in [0.25, 0.3) is 0 Å². The summed E-state index contributed by atoms with van der Waals surface area (Å²) in [6.45, 7) is 0. The van der Waals surface area contributed by atoms with Gasteiger partial charge in [-0.1, -0.05) is 0 Å². The second-order valence-corrected chi connectivity index (χ2v) is 4.60. The van der Waals surface area contributed by atoms with Crippen molar-refractivity contribution in [3.05, 3.63) is 24.2 Å². The molecular formula is C14H10N2O6. The van der Waals surface area contributed by atoms with Crippen molar-refractivity contribution in [2.75, 3.05) is 14.2 Å². The molecule has 1 aliphatic carbocycles. The molecule has 1 heterocycles. The lowest BCUT2D eigenvalue weighted by Crippen LogP contribution is -2.29. The molecule has 22 heavy (non-hydrogen) atoms. The van der Waals surface area contributed by atoms with Gasteiger partial charge < -0.3 is 13.9 Å². The molecule has 0 spiro atoms. The van der Waals surface area contributed by atoms with Gasteiger partial charge in [-0.2, -0.15) is 10.5 Å². The number of rotatable bonds is 4. The zero-order valence-electron chi connectivity index (χ0n) is 11.7. The molecular weight excluding hydrogens is 292 g/mol. The number of hydrogen-bond acceptors (Lipinski definition) is 8. The Balaban J connectivity index is 2.63. The topological polar surface area (TPSA) is 130 Å². The van der Waals surface area contributed by atoms with Gasteiger partial charge in [0.1, 0.15) is 0 Å². The summed E-state index contributed by atoms with van der Waals surface area (Å²) in [6.07, 6.45) is 1.22. The maximum absolute atomic E-state index is 12.4. The molecule has 112 valence electrons. The maximum atomic E-state index is 12.4. The van der Waals surface area contributed by atoms with Crippen LogP contribution in [0.15, 0.2) is 22.8 Å². The highest BCUT2D eigenvalue weighted by Gasteiger charge is 2.91. The molecule has 0 aromatic carbocycles. The van der Waals surface area contributed by atoms with E-state index in [9.17, 15) is 24.9 Å². The van der Waals surface area contributed by atoms with Crippen molar-refractivity contribution in [1.82, 2.24) is 0 Å². The largest absolute Gasteiger partial charge is 0.468 e. The van der Waals surface area contributed by atoms with Crippen LogP contribution in [0.2, 0.25) is 0 Å². The van der Waals surface area contributed by atoms with Gasteiger partial charge in [-0.25, -0.2) is 0 Å². The predicted molar refractivity (Wildman–Crippen MR) is 66.7 cm³/mol. The Morgan fingerprint density at radius 1 is 1.14 bits per heavy atom. The van der Waals surface area contributed by atoms with Crippen molar-refractivity contribution in [2.24, 2.45) is 16.7 Å². The van der Waals surface area contributed by atoms with Crippen molar-refractivity contribution in [2.45, 2.75) is 0 Å². The van der Waals surface area contributed by atoms with Crippen LogP contribution in [0.1, 0.15) is 10.6 Å². The number of methoxy groups -OCH3 is 2. The number of esters is 2. The number of nitrogens with zero attached hydrogens (tertiary/aromatic N) is 2. The number of hydrogen-bond donors (Lipinski definition) is 0. The third-order valence-electron chi connectivity index (χ3n) is 3.80. The number of ether oxygens (including phenoxy) is 2. The molecule has 1 unspecified atom stereocenters. The van der Waals surface area contributed by atoms with Crippen LogP contribution in [-0.2, 0) is 19.1 Å². The number of ketones is 1. The Labute approximate surface area is 124 Å².